The molecule has 0 radical (unpaired) electrons. The van der Waals surface area contributed by atoms with Crippen molar-refractivity contribution in [3.8, 4) is 17.2 Å². The van der Waals surface area contributed by atoms with Crippen molar-refractivity contribution in [2.75, 3.05) is 12.4 Å². The Bertz CT molecular complexity index is 739. The number of benzene rings is 2. The van der Waals surface area contributed by atoms with Crippen LogP contribution in [0.3, 0.4) is 0 Å². The van der Waals surface area contributed by atoms with E-state index in [0.29, 0.717) is 11.5 Å². The van der Waals surface area contributed by atoms with E-state index in [4.69, 9.17) is 4.74 Å². The molecule has 144 valence electrons. The maximum Gasteiger partial charge on any atom is 0.160 e. The van der Waals surface area contributed by atoms with Gasteiger partial charge in [0.2, 0.25) is 0 Å². The Balaban J connectivity index is 0.00000338. The maximum atomic E-state index is 10.8. The number of nitrogens with one attached hydrogen (secondary N) is 1. The molecular weight excluding hydrogens is 350 g/mol. The minimum Gasteiger partial charge on any atom is -0.507 e. The molecule has 0 atom stereocenters. The average Bonchev–Trinajstić information content (AvgIpc) is 2.46. The van der Waals surface area contributed by atoms with E-state index in [0.717, 1.165) is 22.5 Å². The number of hydrogen-bond donors (Lipinski definition) is 3. The number of anilines is 2. The maximum absolute atomic E-state index is 10.8. The SMILES string of the molecule is COc1ccc(Nc2cc(C(C)(C)C)c(O)c(C(C)(C)C)c2)cc1O.Cl. The molecule has 3 N–H and O–H groups in total. The Morgan fingerprint density at radius 1 is 0.808 bits per heavy atom. The lowest BCUT2D eigenvalue weighted by Crippen LogP contribution is -2.17. The third-order valence-electron chi connectivity index (χ3n) is 4.19. The summed E-state index contributed by atoms with van der Waals surface area (Å²) in [4.78, 5) is 0. The molecule has 4 nitrogen and oxygen atoms in total. The van der Waals surface area contributed by atoms with Crippen LogP contribution in [0.1, 0.15) is 52.7 Å². The summed E-state index contributed by atoms with van der Waals surface area (Å²) in [5, 5.41) is 24.1. The molecule has 0 heterocycles. The molecule has 0 saturated heterocycles. The minimum atomic E-state index is -0.191. The normalized spacial score (nSPS) is 11.7. The van der Waals surface area contributed by atoms with Gasteiger partial charge in [0.1, 0.15) is 5.75 Å². The summed E-state index contributed by atoms with van der Waals surface area (Å²) >= 11 is 0. The predicted molar refractivity (Wildman–Crippen MR) is 111 cm³/mol. The van der Waals surface area contributed by atoms with Crippen LogP contribution in [0.15, 0.2) is 30.3 Å². The first-order valence-electron chi connectivity index (χ1n) is 8.45. The summed E-state index contributed by atoms with van der Waals surface area (Å²) in [6, 6.07) is 9.11. The molecule has 0 spiro atoms. The lowest BCUT2D eigenvalue weighted by molar-refractivity contribution is 0.373. The van der Waals surface area contributed by atoms with E-state index >= 15 is 0 Å². The van der Waals surface area contributed by atoms with Gasteiger partial charge >= 0.3 is 0 Å². The average molecular weight is 380 g/mol. The lowest BCUT2D eigenvalue weighted by Gasteiger charge is -2.28. The Kier molecular flexibility index (Phi) is 6.48. The van der Waals surface area contributed by atoms with Crippen molar-refractivity contribution < 1.29 is 14.9 Å². The van der Waals surface area contributed by atoms with Gasteiger partial charge in [0, 0.05) is 28.6 Å². The number of hydrogen-bond acceptors (Lipinski definition) is 4. The van der Waals surface area contributed by atoms with Gasteiger partial charge in [-0.15, -0.1) is 12.4 Å². The highest BCUT2D eigenvalue weighted by molar-refractivity contribution is 5.85. The highest BCUT2D eigenvalue weighted by Crippen LogP contribution is 2.42. The zero-order chi connectivity index (χ0) is 19.0. The molecule has 0 aliphatic carbocycles. The van der Waals surface area contributed by atoms with Gasteiger partial charge in [-0.25, -0.2) is 0 Å². The molecule has 2 aromatic rings. The first-order valence-corrected chi connectivity index (χ1v) is 8.45. The molecule has 2 rings (SSSR count). The fourth-order valence-corrected chi connectivity index (χ4v) is 2.78. The number of methoxy groups -OCH3 is 1. The molecule has 0 aromatic heterocycles. The van der Waals surface area contributed by atoms with Gasteiger partial charge in [-0.2, -0.15) is 0 Å². The lowest BCUT2D eigenvalue weighted by atomic mass is 9.79. The largest absolute Gasteiger partial charge is 0.507 e. The van der Waals surface area contributed by atoms with Crippen LogP contribution in [0.2, 0.25) is 0 Å². The monoisotopic (exact) mass is 379 g/mol. The van der Waals surface area contributed by atoms with Crippen LogP contribution in [-0.2, 0) is 10.8 Å². The second kappa shape index (κ2) is 7.67. The van der Waals surface area contributed by atoms with E-state index < -0.39 is 0 Å². The number of ether oxygens (including phenoxy) is 1. The van der Waals surface area contributed by atoms with Crippen LogP contribution in [0.4, 0.5) is 11.4 Å². The zero-order valence-electron chi connectivity index (χ0n) is 16.6. The minimum absolute atomic E-state index is 0. The fraction of sp³-hybridized carbons (Fsp3) is 0.429. The van der Waals surface area contributed by atoms with Crippen molar-refractivity contribution in [2.24, 2.45) is 0 Å². The van der Waals surface area contributed by atoms with E-state index in [1.165, 1.54) is 7.11 Å². The third kappa shape index (κ3) is 4.76. The van der Waals surface area contributed by atoms with Crippen molar-refractivity contribution in [1.82, 2.24) is 0 Å². The molecule has 0 saturated carbocycles. The molecule has 5 heteroatoms. The van der Waals surface area contributed by atoms with Crippen LogP contribution in [0, 0.1) is 0 Å². The Morgan fingerprint density at radius 2 is 1.31 bits per heavy atom. The summed E-state index contributed by atoms with van der Waals surface area (Å²) in [7, 11) is 1.52. The van der Waals surface area contributed by atoms with E-state index in [1.54, 1.807) is 12.1 Å². The van der Waals surface area contributed by atoms with Gasteiger partial charge in [0.05, 0.1) is 7.11 Å². The number of rotatable bonds is 3. The molecule has 26 heavy (non-hydrogen) atoms. The van der Waals surface area contributed by atoms with Gasteiger partial charge in [0.15, 0.2) is 11.5 Å². The number of phenolic OH excluding ortho intramolecular Hbond substituents is 2. The van der Waals surface area contributed by atoms with Crippen molar-refractivity contribution >= 4 is 23.8 Å². The highest BCUT2D eigenvalue weighted by Gasteiger charge is 2.26. The van der Waals surface area contributed by atoms with E-state index in [1.807, 2.05) is 18.2 Å². The van der Waals surface area contributed by atoms with E-state index in [-0.39, 0.29) is 29.0 Å². The van der Waals surface area contributed by atoms with Crippen LogP contribution in [0.5, 0.6) is 17.2 Å². The van der Waals surface area contributed by atoms with Gasteiger partial charge in [-0.05, 0) is 35.1 Å². The molecule has 0 amide bonds. The van der Waals surface area contributed by atoms with E-state index in [2.05, 4.69) is 46.9 Å². The Hall–Kier alpha value is -2.07. The Morgan fingerprint density at radius 3 is 1.69 bits per heavy atom. The summed E-state index contributed by atoms with van der Waals surface area (Å²) < 4.78 is 5.08. The van der Waals surface area contributed by atoms with E-state index in [9.17, 15) is 10.2 Å². The van der Waals surface area contributed by atoms with Crippen LogP contribution in [-0.4, -0.2) is 17.3 Å². The summed E-state index contributed by atoms with van der Waals surface area (Å²) in [6.07, 6.45) is 0. The molecule has 2 aromatic carbocycles. The summed E-state index contributed by atoms with van der Waals surface area (Å²) in [5.74, 6) is 0.864. The Labute approximate surface area is 162 Å². The van der Waals surface area contributed by atoms with Gasteiger partial charge in [-0.1, -0.05) is 41.5 Å². The summed E-state index contributed by atoms with van der Waals surface area (Å²) in [5.41, 5.74) is 3.02. The molecular formula is C21H30ClNO3. The molecule has 0 fully saturated rings. The first-order chi connectivity index (χ1) is 11.4. The molecule has 0 unspecified atom stereocenters. The fourth-order valence-electron chi connectivity index (χ4n) is 2.78. The highest BCUT2D eigenvalue weighted by atomic mass is 35.5. The van der Waals surface area contributed by atoms with Crippen molar-refractivity contribution in [2.45, 2.75) is 52.4 Å². The van der Waals surface area contributed by atoms with Gasteiger partial charge in [0.25, 0.3) is 0 Å². The zero-order valence-corrected chi connectivity index (χ0v) is 17.4. The standard InChI is InChI=1S/C21H29NO3.ClH/c1-20(2,3)15-10-14(11-16(19(15)24)21(4,5)6)22-13-8-9-18(25-7)17(23)12-13;/h8-12,22-24H,1-7H3;1H. The molecule has 0 aliphatic rings. The smallest absolute Gasteiger partial charge is 0.160 e. The third-order valence-corrected chi connectivity index (χ3v) is 4.19. The predicted octanol–water partition coefficient (Wildman–Crippen LogP) is 5.87. The van der Waals surface area contributed by atoms with Crippen molar-refractivity contribution in [1.29, 1.82) is 0 Å². The van der Waals surface area contributed by atoms with Crippen molar-refractivity contribution in [3.63, 3.8) is 0 Å². The van der Waals surface area contributed by atoms with Crippen molar-refractivity contribution in [3.05, 3.63) is 41.5 Å². The number of aromatic hydroxyl groups is 2. The van der Waals surface area contributed by atoms with Crippen LogP contribution >= 0.6 is 12.4 Å². The van der Waals surface area contributed by atoms with Crippen LogP contribution in [0.25, 0.3) is 0 Å². The quantitative estimate of drug-likeness (QED) is 0.584. The molecule has 0 bridgehead atoms. The number of phenols is 2. The molecule has 0 aliphatic heterocycles. The second-order valence-corrected chi connectivity index (χ2v) is 8.43. The topological polar surface area (TPSA) is 61.7 Å². The van der Waals surface area contributed by atoms with Gasteiger partial charge in [-0.3, -0.25) is 0 Å². The first kappa shape index (κ1) is 22.0. The summed E-state index contributed by atoms with van der Waals surface area (Å²) in [6.45, 7) is 12.5. The van der Waals surface area contributed by atoms with Gasteiger partial charge < -0.3 is 20.3 Å². The van der Waals surface area contributed by atoms with Crippen LogP contribution < -0.4 is 10.1 Å². The number of halogens is 1. The second-order valence-electron chi connectivity index (χ2n) is 8.43.